The summed E-state index contributed by atoms with van der Waals surface area (Å²) >= 11 is 0. The topological polar surface area (TPSA) is 61.5 Å². The van der Waals surface area contributed by atoms with Gasteiger partial charge in [-0.25, -0.2) is 0 Å². The zero-order valence-electron chi connectivity index (χ0n) is 14.4. The average Bonchev–Trinajstić information content (AvgIpc) is 3.23. The number of anilines is 1. The fourth-order valence-corrected chi connectivity index (χ4v) is 3.81. The number of carbonyl (C=O) groups excluding carboxylic acids is 1. The van der Waals surface area contributed by atoms with Gasteiger partial charge in [0.05, 0.1) is 18.8 Å². The largest absolute Gasteiger partial charge is 0.378 e. The average molecular weight is 340 g/mol. The van der Waals surface area contributed by atoms with E-state index >= 15 is 0 Å². The van der Waals surface area contributed by atoms with Crippen molar-refractivity contribution in [1.29, 1.82) is 0 Å². The maximum absolute atomic E-state index is 13.2. The Morgan fingerprint density at radius 3 is 2.80 bits per heavy atom. The van der Waals surface area contributed by atoms with Crippen molar-refractivity contribution in [2.24, 2.45) is 0 Å². The van der Waals surface area contributed by atoms with Crippen LogP contribution in [0.2, 0.25) is 0 Å². The number of carbonyl (C=O) groups is 1. The molecule has 1 atom stereocenters. The molecular weight excluding hydrogens is 316 g/mol. The fourth-order valence-electron chi connectivity index (χ4n) is 3.81. The number of benzene rings is 1. The van der Waals surface area contributed by atoms with E-state index in [1.54, 1.807) is 6.20 Å². The van der Waals surface area contributed by atoms with Crippen LogP contribution in [-0.4, -0.2) is 60.4 Å². The second kappa shape index (κ2) is 7.27. The minimum Gasteiger partial charge on any atom is -0.378 e. The molecule has 0 saturated carbocycles. The van der Waals surface area contributed by atoms with Crippen LogP contribution in [0.25, 0.3) is 0 Å². The predicted molar refractivity (Wildman–Crippen MR) is 95.9 cm³/mol. The van der Waals surface area contributed by atoms with E-state index in [9.17, 15) is 4.79 Å². The molecule has 4 rings (SSSR count). The molecule has 2 aliphatic heterocycles. The first-order valence-corrected chi connectivity index (χ1v) is 9.03. The molecule has 3 heterocycles. The zero-order chi connectivity index (χ0) is 17.1. The molecule has 2 aromatic rings. The molecule has 1 aromatic heterocycles. The number of nitrogens with zero attached hydrogens (tertiary/aromatic N) is 3. The van der Waals surface area contributed by atoms with Gasteiger partial charge in [-0.05, 0) is 31.0 Å². The van der Waals surface area contributed by atoms with E-state index in [4.69, 9.17) is 4.74 Å². The molecule has 1 N–H and O–H groups in total. The van der Waals surface area contributed by atoms with Gasteiger partial charge in [0.25, 0.3) is 5.91 Å². The maximum Gasteiger partial charge on any atom is 0.255 e. The number of morpholine rings is 1. The molecule has 25 heavy (non-hydrogen) atoms. The number of likely N-dealkylation sites (tertiary alicyclic amines) is 1. The van der Waals surface area contributed by atoms with E-state index < -0.39 is 0 Å². The molecular formula is C19H24N4O2. The van der Waals surface area contributed by atoms with E-state index in [1.165, 1.54) is 0 Å². The lowest BCUT2D eigenvalue weighted by Crippen LogP contribution is -2.41. The van der Waals surface area contributed by atoms with Gasteiger partial charge in [-0.2, -0.15) is 5.10 Å². The highest BCUT2D eigenvalue weighted by Crippen LogP contribution is 2.29. The molecule has 2 fully saturated rings. The molecule has 2 aliphatic rings. The number of aromatic nitrogens is 2. The van der Waals surface area contributed by atoms with Crippen LogP contribution in [0.3, 0.4) is 0 Å². The van der Waals surface area contributed by atoms with Crippen molar-refractivity contribution in [1.82, 2.24) is 15.1 Å². The number of rotatable bonds is 3. The normalized spacial score (nSPS) is 21.4. The number of nitrogens with one attached hydrogen (secondary N) is 1. The summed E-state index contributed by atoms with van der Waals surface area (Å²) in [6, 6.07) is 9.97. The van der Waals surface area contributed by atoms with E-state index in [0.29, 0.717) is 19.1 Å². The standard InChI is InChI=1S/C19H24N4O2/c24-19(23-9-3-4-15(14-23)17-7-8-20-21-17)16-5-1-2-6-18(16)22-10-12-25-13-11-22/h1-2,5-8,15H,3-4,9-14H2,(H,20,21)/t15-/m1/s1. The van der Waals surface area contributed by atoms with E-state index in [1.807, 2.05) is 29.2 Å². The highest BCUT2D eigenvalue weighted by molar-refractivity contribution is 6.00. The molecule has 0 aliphatic carbocycles. The highest BCUT2D eigenvalue weighted by atomic mass is 16.5. The monoisotopic (exact) mass is 340 g/mol. The number of aromatic amines is 1. The molecule has 0 unspecified atom stereocenters. The molecule has 132 valence electrons. The van der Waals surface area contributed by atoms with Gasteiger partial charge in [0.2, 0.25) is 0 Å². The lowest BCUT2D eigenvalue weighted by atomic mass is 9.94. The van der Waals surface area contributed by atoms with Gasteiger partial charge in [0.1, 0.15) is 0 Å². The summed E-state index contributed by atoms with van der Waals surface area (Å²) in [7, 11) is 0. The van der Waals surface area contributed by atoms with Gasteiger partial charge in [0.15, 0.2) is 0 Å². The second-order valence-electron chi connectivity index (χ2n) is 6.72. The van der Waals surface area contributed by atoms with Gasteiger partial charge in [-0.3, -0.25) is 9.89 Å². The summed E-state index contributed by atoms with van der Waals surface area (Å²) in [6.07, 6.45) is 3.90. The summed E-state index contributed by atoms with van der Waals surface area (Å²) in [5.74, 6) is 0.474. The SMILES string of the molecule is O=C(c1ccccc1N1CCOCC1)N1CCC[C@@H](c2ccn[nH]2)C1. The lowest BCUT2D eigenvalue weighted by Gasteiger charge is -2.34. The van der Waals surface area contributed by atoms with E-state index in [0.717, 1.165) is 56.0 Å². The van der Waals surface area contributed by atoms with Crippen LogP contribution in [0, 0.1) is 0 Å². The first-order chi connectivity index (χ1) is 12.3. The Hall–Kier alpha value is -2.34. The minimum absolute atomic E-state index is 0.131. The Morgan fingerprint density at radius 1 is 1.16 bits per heavy atom. The van der Waals surface area contributed by atoms with Crippen molar-refractivity contribution < 1.29 is 9.53 Å². The van der Waals surface area contributed by atoms with Gasteiger partial charge in [-0.15, -0.1) is 0 Å². The summed E-state index contributed by atoms with van der Waals surface area (Å²) in [4.78, 5) is 17.5. The molecule has 1 aromatic carbocycles. The van der Waals surface area contributed by atoms with Crippen LogP contribution in [0.4, 0.5) is 5.69 Å². The van der Waals surface area contributed by atoms with Crippen LogP contribution < -0.4 is 4.90 Å². The molecule has 2 saturated heterocycles. The molecule has 0 bridgehead atoms. The summed E-state index contributed by atoms with van der Waals surface area (Å²) in [5.41, 5.74) is 2.95. The van der Waals surface area contributed by atoms with Crippen LogP contribution in [0.5, 0.6) is 0 Å². The predicted octanol–water partition coefficient (Wildman–Crippen LogP) is 2.27. The molecule has 0 radical (unpaired) electrons. The van der Waals surface area contributed by atoms with Crippen LogP contribution in [0.1, 0.15) is 34.8 Å². The van der Waals surface area contributed by atoms with Crippen LogP contribution in [0.15, 0.2) is 36.5 Å². The Bertz CT molecular complexity index is 710. The van der Waals surface area contributed by atoms with Crippen molar-refractivity contribution in [3.8, 4) is 0 Å². The number of hydrogen-bond donors (Lipinski definition) is 1. The molecule has 6 heteroatoms. The summed E-state index contributed by atoms with van der Waals surface area (Å²) in [5, 5.41) is 7.11. The quantitative estimate of drug-likeness (QED) is 0.931. The highest BCUT2D eigenvalue weighted by Gasteiger charge is 2.28. The Balaban J connectivity index is 1.54. The summed E-state index contributed by atoms with van der Waals surface area (Å²) in [6.45, 7) is 4.67. The van der Waals surface area contributed by atoms with Gasteiger partial charge < -0.3 is 14.5 Å². The fraction of sp³-hybridized carbons (Fsp3) is 0.474. The maximum atomic E-state index is 13.2. The third kappa shape index (κ3) is 3.39. The van der Waals surface area contributed by atoms with Gasteiger partial charge in [-0.1, -0.05) is 12.1 Å². The Morgan fingerprint density at radius 2 is 2.00 bits per heavy atom. The Kier molecular flexibility index (Phi) is 4.70. The van der Waals surface area contributed by atoms with Crippen LogP contribution >= 0.6 is 0 Å². The number of para-hydroxylation sites is 1. The number of ether oxygens (including phenoxy) is 1. The van der Waals surface area contributed by atoms with Crippen molar-refractivity contribution >= 4 is 11.6 Å². The van der Waals surface area contributed by atoms with E-state index in [-0.39, 0.29) is 5.91 Å². The smallest absolute Gasteiger partial charge is 0.255 e. The van der Waals surface area contributed by atoms with Crippen molar-refractivity contribution in [2.75, 3.05) is 44.3 Å². The second-order valence-corrected chi connectivity index (χ2v) is 6.72. The van der Waals surface area contributed by atoms with Gasteiger partial charge >= 0.3 is 0 Å². The van der Waals surface area contributed by atoms with Gasteiger partial charge in [0, 0.05) is 49.7 Å². The summed E-state index contributed by atoms with van der Waals surface area (Å²) < 4.78 is 5.45. The number of amides is 1. The first kappa shape index (κ1) is 16.1. The van der Waals surface area contributed by atoms with Crippen molar-refractivity contribution in [3.05, 3.63) is 47.8 Å². The lowest BCUT2D eigenvalue weighted by molar-refractivity contribution is 0.0705. The van der Waals surface area contributed by atoms with Crippen molar-refractivity contribution in [3.63, 3.8) is 0 Å². The van der Waals surface area contributed by atoms with Crippen LogP contribution in [-0.2, 0) is 4.74 Å². The number of hydrogen-bond acceptors (Lipinski definition) is 4. The first-order valence-electron chi connectivity index (χ1n) is 9.03. The third-order valence-corrected chi connectivity index (χ3v) is 5.16. The molecule has 6 nitrogen and oxygen atoms in total. The minimum atomic E-state index is 0.131. The Labute approximate surface area is 147 Å². The third-order valence-electron chi connectivity index (χ3n) is 5.16. The number of piperidine rings is 1. The molecule has 1 amide bonds. The number of H-pyrrole nitrogens is 1. The van der Waals surface area contributed by atoms with Crippen molar-refractivity contribution in [2.45, 2.75) is 18.8 Å². The molecule has 0 spiro atoms. The van der Waals surface area contributed by atoms with E-state index in [2.05, 4.69) is 21.2 Å². The zero-order valence-corrected chi connectivity index (χ0v) is 14.4.